The lowest BCUT2D eigenvalue weighted by Crippen LogP contribution is -2.40. The molecule has 4 rings (SSSR count). The zero-order chi connectivity index (χ0) is 18.1. The number of nitrogens with zero attached hydrogens (tertiary/aromatic N) is 1. The fourth-order valence-corrected chi connectivity index (χ4v) is 6.34. The minimum absolute atomic E-state index is 0.0767. The molecule has 1 amide bonds. The lowest BCUT2D eigenvalue weighted by Gasteiger charge is -2.27. The molecule has 2 saturated carbocycles. The van der Waals surface area contributed by atoms with Crippen molar-refractivity contribution in [1.29, 1.82) is 0 Å². The summed E-state index contributed by atoms with van der Waals surface area (Å²) < 4.78 is 32.6. The van der Waals surface area contributed by atoms with E-state index in [4.69, 9.17) is 4.74 Å². The number of anilines is 1. The van der Waals surface area contributed by atoms with E-state index >= 15 is 0 Å². The van der Waals surface area contributed by atoms with Crippen LogP contribution >= 0.6 is 0 Å². The maximum absolute atomic E-state index is 13.0. The van der Waals surface area contributed by atoms with E-state index < -0.39 is 10.0 Å². The zero-order valence-electron chi connectivity index (χ0n) is 14.9. The zero-order valence-corrected chi connectivity index (χ0v) is 15.7. The molecule has 3 unspecified atom stereocenters. The fourth-order valence-electron chi connectivity index (χ4n) is 4.79. The van der Waals surface area contributed by atoms with Gasteiger partial charge in [-0.15, -0.1) is 0 Å². The third kappa shape index (κ3) is 3.52. The predicted molar refractivity (Wildman–Crippen MR) is 98.2 cm³/mol. The molecule has 0 radical (unpaired) electrons. The molecular formula is C19H26N2O4S. The van der Waals surface area contributed by atoms with Crippen molar-refractivity contribution < 1.29 is 17.9 Å². The van der Waals surface area contributed by atoms with Crippen LogP contribution in [0.5, 0.6) is 0 Å². The van der Waals surface area contributed by atoms with Crippen LogP contribution in [0.1, 0.15) is 32.1 Å². The van der Waals surface area contributed by atoms with E-state index in [1.54, 1.807) is 24.3 Å². The summed E-state index contributed by atoms with van der Waals surface area (Å²) in [4.78, 5) is 12.7. The molecule has 1 saturated heterocycles. The number of fused-ring (bicyclic) bond motifs is 2. The van der Waals surface area contributed by atoms with Crippen molar-refractivity contribution >= 4 is 21.6 Å². The number of rotatable bonds is 5. The van der Waals surface area contributed by atoms with Crippen LogP contribution in [0.2, 0.25) is 0 Å². The summed E-state index contributed by atoms with van der Waals surface area (Å²) >= 11 is 0. The van der Waals surface area contributed by atoms with Gasteiger partial charge in [0, 0.05) is 19.5 Å². The molecule has 3 aliphatic rings. The summed E-state index contributed by atoms with van der Waals surface area (Å²) in [6.07, 6.45) is 5.45. The van der Waals surface area contributed by atoms with Gasteiger partial charge in [-0.1, -0.05) is 18.6 Å². The Morgan fingerprint density at radius 3 is 2.62 bits per heavy atom. The van der Waals surface area contributed by atoms with Gasteiger partial charge in [0.25, 0.3) is 0 Å². The highest BCUT2D eigenvalue weighted by atomic mass is 32.2. The normalized spacial score (nSPS) is 29.0. The number of para-hydroxylation sites is 1. The molecule has 6 nitrogen and oxygen atoms in total. The first-order valence-corrected chi connectivity index (χ1v) is 10.9. The van der Waals surface area contributed by atoms with Crippen molar-refractivity contribution in [1.82, 2.24) is 4.31 Å². The smallest absolute Gasteiger partial charge is 0.245 e. The molecule has 3 fully saturated rings. The van der Waals surface area contributed by atoms with Crippen molar-refractivity contribution in [3.05, 3.63) is 24.3 Å². The van der Waals surface area contributed by atoms with Crippen LogP contribution in [-0.2, 0) is 19.6 Å². The van der Waals surface area contributed by atoms with E-state index in [0.717, 1.165) is 12.3 Å². The second kappa shape index (κ2) is 7.29. The van der Waals surface area contributed by atoms with Crippen LogP contribution in [0.4, 0.5) is 5.69 Å². The van der Waals surface area contributed by atoms with Gasteiger partial charge in [-0.05, 0) is 49.1 Å². The Balaban J connectivity index is 1.47. The van der Waals surface area contributed by atoms with Crippen molar-refractivity contribution in [2.75, 3.05) is 31.6 Å². The first-order chi connectivity index (χ1) is 12.5. The van der Waals surface area contributed by atoms with Gasteiger partial charge in [-0.25, -0.2) is 8.42 Å². The molecule has 26 heavy (non-hydrogen) atoms. The topological polar surface area (TPSA) is 75.7 Å². The molecule has 1 aromatic rings. The summed E-state index contributed by atoms with van der Waals surface area (Å²) in [5, 5.41) is 2.87. The molecule has 7 heteroatoms. The second-order valence-corrected chi connectivity index (χ2v) is 9.61. The molecule has 1 heterocycles. The van der Waals surface area contributed by atoms with Gasteiger partial charge in [-0.3, -0.25) is 4.79 Å². The Hall–Kier alpha value is -1.44. The molecule has 2 aliphatic carbocycles. The highest BCUT2D eigenvalue weighted by Gasteiger charge is 2.40. The van der Waals surface area contributed by atoms with Crippen molar-refractivity contribution in [2.24, 2.45) is 17.8 Å². The largest absolute Gasteiger partial charge is 0.379 e. The Morgan fingerprint density at radius 2 is 1.92 bits per heavy atom. The van der Waals surface area contributed by atoms with Crippen LogP contribution in [0.25, 0.3) is 0 Å². The number of hydrogen-bond donors (Lipinski definition) is 1. The van der Waals surface area contributed by atoms with E-state index in [0.29, 0.717) is 50.2 Å². The maximum Gasteiger partial charge on any atom is 0.245 e. The summed E-state index contributed by atoms with van der Waals surface area (Å²) in [5.74, 6) is 1.86. The van der Waals surface area contributed by atoms with Crippen molar-refractivity contribution in [3.63, 3.8) is 0 Å². The van der Waals surface area contributed by atoms with E-state index in [9.17, 15) is 13.2 Å². The number of amides is 1. The van der Waals surface area contributed by atoms with E-state index in [1.807, 2.05) is 0 Å². The average molecular weight is 378 g/mol. The molecule has 0 aromatic heterocycles. The third-order valence-electron chi connectivity index (χ3n) is 6.08. The number of carbonyl (C=O) groups excluding carboxylic acids is 1. The molecule has 2 bridgehead atoms. The number of sulfonamides is 1. The van der Waals surface area contributed by atoms with Gasteiger partial charge in [0.1, 0.15) is 4.90 Å². The Labute approximate surface area is 155 Å². The minimum atomic E-state index is -3.64. The lowest BCUT2D eigenvalue weighted by molar-refractivity contribution is -0.117. The van der Waals surface area contributed by atoms with Gasteiger partial charge < -0.3 is 10.1 Å². The first kappa shape index (κ1) is 17.9. The fraction of sp³-hybridized carbons (Fsp3) is 0.632. The van der Waals surface area contributed by atoms with Gasteiger partial charge in [0.2, 0.25) is 15.9 Å². The quantitative estimate of drug-likeness (QED) is 0.854. The number of nitrogens with one attached hydrogen (secondary N) is 1. The summed E-state index contributed by atoms with van der Waals surface area (Å²) in [7, 11) is -3.64. The molecular weight excluding hydrogens is 352 g/mol. The van der Waals surface area contributed by atoms with Crippen LogP contribution < -0.4 is 5.32 Å². The van der Waals surface area contributed by atoms with E-state index in [1.165, 1.54) is 23.6 Å². The van der Waals surface area contributed by atoms with E-state index in [2.05, 4.69) is 5.32 Å². The number of ether oxygens (including phenoxy) is 1. The Bertz CT molecular complexity index is 773. The number of carbonyl (C=O) groups is 1. The lowest BCUT2D eigenvalue weighted by atomic mass is 9.86. The van der Waals surface area contributed by atoms with Gasteiger partial charge in [0.05, 0.1) is 18.9 Å². The first-order valence-electron chi connectivity index (χ1n) is 9.51. The van der Waals surface area contributed by atoms with Crippen LogP contribution in [0, 0.1) is 17.8 Å². The monoisotopic (exact) mass is 378 g/mol. The van der Waals surface area contributed by atoms with Gasteiger partial charge in [-0.2, -0.15) is 4.31 Å². The summed E-state index contributed by atoms with van der Waals surface area (Å²) in [6, 6.07) is 6.69. The van der Waals surface area contributed by atoms with Crippen molar-refractivity contribution in [3.8, 4) is 0 Å². The molecule has 1 aromatic carbocycles. The summed E-state index contributed by atoms with van der Waals surface area (Å²) in [5.41, 5.74) is 0.382. The highest BCUT2D eigenvalue weighted by molar-refractivity contribution is 7.89. The van der Waals surface area contributed by atoms with Crippen LogP contribution in [-0.4, -0.2) is 44.9 Å². The second-order valence-electron chi connectivity index (χ2n) is 7.70. The molecule has 1 aliphatic heterocycles. The standard InChI is InChI=1S/C19H26N2O4S/c22-19(13-16-12-14-5-6-15(16)11-14)20-17-3-1-2-4-18(17)26(23,24)21-7-9-25-10-8-21/h1-4,14-16H,5-13H2,(H,20,22). The number of morpholine rings is 1. The van der Waals surface area contributed by atoms with Crippen molar-refractivity contribution in [2.45, 2.75) is 37.0 Å². The molecule has 142 valence electrons. The predicted octanol–water partition coefficient (Wildman–Crippen LogP) is 2.47. The number of benzene rings is 1. The Morgan fingerprint density at radius 1 is 1.15 bits per heavy atom. The Kier molecular flexibility index (Phi) is 5.03. The van der Waals surface area contributed by atoms with Gasteiger partial charge in [0.15, 0.2) is 0 Å². The maximum atomic E-state index is 13.0. The average Bonchev–Trinajstić information content (AvgIpc) is 3.26. The SMILES string of the molecule is O=C(CC1CC2CCC1C2)Nc1ccccc1S(=O)(=O)N1CCOCC1. The van der Waals surface area contributed by atoms with Crippen LogP contribution in [0.3, 0.4) is 0 Å². The minimum Gasteiger partial charge on any atom is -0.379 e. The summed E-state index contributed by atoms with van der Waals surface area (Å²) in [6.45, 7) is 1.49. The van der Waals surface area contributed by atoms with Gasteiger partial charge >= 0.3 is 0 Å². The van der Waals surface area contributed by atoms with Crippen LogP contribution in [0.15, 0.2) is 29.2 Å². The van der Waals surface area contributed by atoms with E-state index in [-0.39, 0.29) is 10.8 Å². The molecule has 3 atom stereocenters. The number of hydrogen-bond acceptors (Lipinski definition) is 4. The third-order valence-corrected chi connectivity index (χ3v) is 8.04. The molecule has 0 spiro atoms. The molecule has 1 N–H and O–H groups in total. The highest BCUT2D eigenvalue weighted by Crippen LogP contribution is 2.49.